The summed E-state index contributed by atoms with van der Waals surface area (Å²) in [5, 5.41) is 20.2. The quantitative estimate of drug-likeness (QED) is 0.256. The van der Waals surface area contributed by atoms with Gasteiger partial charge in [0.25, 0.3) is 11.8 Å². The molecule has 0 aliphatic heterocycles. The predicted octanol–water partition coefficient (Wildman–Crippen LogP) is -0.524. The van der Waals surface area contributed by atoms with Crippen LogP contribution >= 0.6 is 0 Å². The van der Waals surface area contributed by atoms with Gasteiger partial charge < -0.3 is 15.2 Å². The van der Waals surface area contributed by atoms with Crippen molar-refractivity contribution in [3.63, 3.8) is 0 Å². The molecule has 0 aliphatic carbocycles. The molecule has 0 spiro atoms. The third-order valence-electron chi connectivity index (χ3n) is 4.40. The number of aliphatic hydroxyl groups is 1. The lowest BCUT2D eigenvalue weighted by atomic mass is 10.0. The summed E-state index contributed by atoms with van der Waals surface area (Å²) in [6.45, 7) is 2.29. The molecule has 10 heteroatoms. The molecule has 0 saturated carbocycles. The molecular weight excluding hydrogens is 412 g/mol. The molecule has 0 saturated heterocycles. The molecule has 1 aromatic rings. The van der Waals surface area contributed by atoms with Crippen molar-refractivity contribution in [2.45, 2.75) is 30.7 Å². The first-order valence-corrected chi connectivity index (χ1v) is 10.6. The van der Waals surface area contributed by atoms with Crippen LogP contribution in [-0.2, 0) is 19.4 Å². The molecule has 0 radical (unpaired) electrons. The van der Waals surface area contributed by atoms with Gasteiger partial charge in [-0.1, -0.05) is 11.8 Å². The second-order valence-corrected chi connectivity index (χ2v) is 9.36. The van der Waals surface area contributed by atoms with Gasteiger partial charge in [0.15, 0.2) is 9.84 Å². The van der Waals surface area contributed by atoms with Crippen LogP contribution in [0.25, 0.3) is 0 Å². The first kappa shape index (κ1) is 25.1. The van der Waals surface area contributed by atoms with Gasteiger partial charge >= 0.3 is 0 Å². The van der Waals surface area contributed by atoms with Crippen molar-refractivity contribution in [2.24, 2.45) is 0 Å². The molecule has 0 heterocycles. The Morgan fingerprint density at radius 1 is 1.20 bits per heavy atom. The number of carbonyl (C=O) groups is 2. The summed E-state index contributed by atoms with van der Waals surface area (Å²) in [7, 11) is -2.34. The van der Waals surface area contributed by atoms with Gasteiger partial charge in [-0.2, -0.15) is 0 Å². The molecule has 1 rings (SSSR count). The number of carbonyl (C=O) groups excluding carboxylic acids is 2. The maximum absolute atomic E-state index is 12.5. The van der Waals surface area contributed by atoms with Crippen molar-refractivity contribution >= 4 is 21.7 Å². The van der Waals surface area contributed by atoms with Crippen molar-refractivity contribution in [3.05, 3.63) is 35.4 Å². The molecule has 0 aliphatic rings. The summed E-state index contributed by atoms with van der Waals surface area (Å²) in [5.41, 5.74) is 2.09. The Bertz CT molecular complexity index is 990. The van der Waals surface area contributed by atoms with E-state index in [0.29, 0.717) is 5.56 Å². The van der Waals surface area contributed by atoms with Gasteiger partial charge in [-0.25, -0.2) is 13.9 Å². The minimum atomic E-state index is -3.76. The lowest BCUT2D eigenvalue weighted by molar-refractivity contribution is -0.131. The number of ether oxygens (including phenoxy) is 1. The Balaban J connectivity index is 3.00. The van der Waals surface area contributed by atoms with E-state index in [4.69, 9.17) is 15.1 Å². The normalized spacial score (nSPS) is 13.0. The number of amides is 2. The summed E-state index contributed by atoms with van der Waals surface area (Å²) >= 11 is 0. The number of hydrogen-bond donors (Lipinski definition) is 4. The number of methoxy groups -OCH3 is 1. The van der Waals surface area contributed by atoms with E-state index in [1.807, 2.05) is 0 Å². The smallest absolute Gasteiger partial charge is 0.267 e. The summed E-state index contributed by atoms with van der Waals surface area (Å²) < 4.78 is 27.2. The number of hydroxylamine groups is 1. The molecule has 0 bridgehead atoms. The van der Waals surface area contributed by atoms with Crippen molar-refractivity contribution in [3.8, 4) is 23.7 Å². The van der Waals surface area contributed by atoms with E-state index >= 15 is 0 Å². The van der Waals surface area contributed by atoms with Gasteiger partial charge in [0.2, 0.25) is 0 Å². The third-order valence-corrected chi connectivity index (χ3v) is 6.55. The first-order chi connectivity index (χ1) is 14.0. The van der Waals surface area contributed by atoms with E-state index in [2.05, 4.69) is 29.0 Å². The van der Waals surface area contributed by atoms with Crippen LogP contribution in [0.5, 0.6) is 0 Å². The fourth-order valence-electron chi connectivity index (χ4n) is 2.15. The van der Waals surface area contributed by atoms with Crippen molar-refractivity contribution < 1.29 is 33.1 Å². The fraction of sp³-hybridized carbons (Fsp3) is 0.400. The zero-order valence-corrected chi connectivity index (χ0v) is 17.8. The van der Waals surface area contributed by atoms with Gasteiger partial charge in [-0.15, -0.1) is 0 Å². The Morgan fingerprint density at radius 3 is 2.27 bits per heavy atom. The van der Waals surface area contributed by atoms with Crippen LogP contribution in [0, 0.1) is 23.7 Å². The maximum Gasteiger partial charge on any atom is 0.267 e. The van der Waals surface area contributed by atoms with E-state index in [-0.39, 0.29) is 12.2 Å². The van der Waals surface area contributed by atoms with Gasteiger partial charge in [-0.05, 0) is 50.0 Å². The van der Waals surface area contributed by atoms with Gasteiger partial charge in [-0.3, -0.25) is 14.8 Å². The minimum absolute atomic E-state index is 0.159. The largest absolute Gasteiger partial charge is 0.393 e. The summed E-state index contributed by atoms with van der Waals surface area (Å²) in [4.78, 5) is 24.5. The molecule has 2 amide bonds. The molecule has 30 heavy (non-hydrogen) atoms. The van der Waals surface area contributed by atoms with Crippen LogP contribution < -0.4 is 10.8 Å². The van der Waals surface area contributed by atoms with E-state index in [0.717, 1.165) is 6.26 Å². The predicted molar refractivity (Wildman–Crippen MR) is 109 cm³/mol. The third kappa shape index (κ3) is 6.58. The molecule has 9 nitrogen and oxygen atoms in total. The monoisotopic (exact) mass is 436 g/mol. The summed E-state index contributed by atoms with van der Waals surface area (Å²) in [6, 6.07) is 4.46. The summed E-state index contributed by atoms with van der Waals surface area (Å²) in [5.74, 6) is 8.75. The topological polar surface area (TPSA) is 142 Å². The van der Waals surface area contributed by atoms with E-state index < -0.39 is 38.5 Å². The molecule has 4 N–H and O–H groups in total. The highest BCUT2D eigenvalue weighted by molar-refractivity contribution is 7.92. The van der Waals surface area contributed by atoms with Crippen molar-refractivity contribution in [1.29, 1.82) is 0 Å². The Morgan fingerprint density at radius 2 is 1.80 bits per heavy atom. The second kappa shape index (κ2) is 10.8. The number of aliphatic hydroxyl groups excluding tert-OH is 1. The maximum atomic E-state index is 12.5. The number of hydrogen-bond acceptors (Lipinski definition) is 7. The van der Waals surface area contributed by atoms with E-state index in [1.54, 1.807) is 12.1 Å². The van der Waals surface area contributed by atoms with Crippen LogP contribution in [0.4, 0.5) is 0 Å². The van der Waals surface area contributed by atoms with Crippen LogP contribution in [0.2, 0.25) is 0 Å². The Kier molecular flexibility index (Phi) is 9.02. The standard InChI is InChI=1S/C20H24N2O7S/c1-20(2,30(4,27)28)17(19(25)22-26)21-18(24)15-11-9-14(10-12-15)7-5-6-8-16(13-23)29-3/h9-12,16-17,23,26H,13H2,1-4H3,(H,21,24)(H,22,25)/t16?,17-/m1/s1. The van der Waals surface area contributed by atoms with Crippen LogP contribution in [0.15, 0.2) is 24.3 Å². The Hall–Kier alpha value is -2.89. The highest BCUT2D eigenvalue weighted by Crippen LogP contribution is 2.21. The number of sulfone groups is 1. The highest BCUT2D eigenvalue weighted by atomic mass is 32.2. The highest BCUT2D eigenvalue weighted by Gasteiger charge is 2.44. The van der Waals surface area contributed by atoms with Crippen LogP contribution in [0.3, 0.4) is 0 Å². The molecular formula is C20H24N2O7S. The minimum Gasteiger partial charge on any atom is -0.393 e. The first-order valence-electron chi connectivity index (χ1n) is 8.67. The molecule has 1 unspecified atom stereocenters. The zero-order valence-electron chi connectivity index (χ0n) is 17.0. The Labute approximate surface area is 175 Å². The number of nitrogens with one attached hydrogen (secondary N) is 2. The molecule has 162 valence electrons. The van der Waals surface area contributed by atoms with E-state index in [9.17, 15) is 18.0 Å². The van der Waals surface area contributed by atoms with Crippen LogP contribution in [-0.4, -0.2) is 67.4 Å². The average Bonchev–Trinajstić information content (AvgIpc) is 2.70. The van der Waals surface area contributed by atoms with Crippen LogP contribution in [0.1, 0.15) is 29.8 Å². The lowest BCUT2D eigenvalue weighted by Crippen LogP contribution is -2.60. The molecule has 0 fully saturated rings. The van der Waals surface area contributed by atoms with Gasteiger partial charge in [0, 0.05) is 24.5 Å². The van der Waals surface area contributed by atoms with Crippen molar-refractivity contribution in [1.82, 2.24) is 10.8 Å². The average molecular weight is 436 g/mol. The number of rotatable bonds is 7. The molecule has 2 atom stereocenters. The fourth-order valence-corrected chi connectivity index (χ4v) is 2.75. The van der Waals surface area contributed by atoms with E-state index in [1.165, 1.54) is 38.6 Å². The lowest BCUT2D eigenvalue weighted by Gasteiger charge is -2.31. The van der Waals surface area contributed by atoms with Gasteiger partial charge in [0.1, 0.15) is 12.1 Å². The number of benzene rings is 1. The van der Waals surface area contributed by atoms with Crippen molar-refractivity contribution in [2.75, 3.05) is 20.0 Å². The summed E-state index contributed by atoms with van der Waals surface area (Å²) in [6.07, 6.45) is 0.313. The SMILES string of the molecule is COC(C#CC#Cc1ccc(C(=O)N[C@H](C(=O)NO)C(C)(C)S(C)(=O)=O)cc1)CO. The van der Waals surface area contributed by atoms with Gasteiger partial charge in [0.05, 0.1) is 11.4 Å². The molecule has 1 aromatic carbocycles. The second-order valence-electron chi connectivity index (χ2n) is 6.76. The zero-order chi connectivity index (χ0) is 22.9. The molecule has 0 aromatic heterocycles.